The van der Waals surface area contributed by atoms with Crippen LogP contribution in [-0.2, 0) is 19.6 Å². The summed E-state index contributed by atoms with van der Waals surface area (Å²) in [6.07, 6.45) is 6.41. The monoisotopic (exact) mass is 416 g/mol. The number of rotatable bonds is 9. The molecule has 1 saturated carbocycles. The SMILES string of the molecule is OC(Cc1ccc(OCc2ccccc2)c(OCc2ccccc2)c1)C1CCCCC1. The minimum absolute atomic E-state index is 0.293. The molecule has 3 aromatic carbocycles. The second-order valence-electron chi connectivity index (χ2n) is 8.50. The van der Waals surface area contributed by atoms with Gasteiger partial charge in [-0.2, -0.15) is 0 Å². The maximum atomic E-state index is 10.8. The minimum atomic E-state index is -0.293. The zero-order chi connectivity index (χ0) is 21.3. The van der Waals surface area contributed by atoms with E-state index in [4.69, 9.17) is 9.47 Å². The Balaban J connectivity index is 1.47. The molecule has 1 unspecified atom stereocenters. The van der Waals surface area contributed by atoms with Crippen molar-refractivity contribution < 1.29 is 14.6 Å². The average Bonchev–Trinajstić information content (AvgIpc) is 2.84. The number of aliphatic hydroxyl groups is 1. The fourth-order valence-corrected chi connectivity index (χ4v) is 4.31. The number of hydrogen-bond acceptors (Lipinski definition) is 3. The fourth-order valence-electron chi connectivity index (χ4n) is 4.31. The van der Waals surface area contributed by atoms with E-state index in [2.05, 4.69) is 30.3 Å². The van der Waals surface area contributed by atoms with Crippen LogP contribution >= 0.6 is 0 Å². The van der Waals surface area contributed by atoms with Gasteiger partial charge in [-0.3, -0.25) is 0 Å². The summed E-state index contributed by atoms with van der Waals surface area (Å²) in [7, 11) is 0. The van der Waals surface area contributed by atoms with E-state index in [0.717, 1.165) is 41.0 Å². The highest BCUT2D eigenvalue weighted by atomic mass is 16.5. The van der Waals surface area contributed by atoms with Crippen molar-refractivity contribution in [1.29, 1.82) is 0 Å². The van der Waals surface area contributed by atoms with Gasteiger partial charge >= 0.3 is 0 Å². The molecule has 0 aliphatic heterocycles. The molecule has 1 fully saturated rings. The van der Waals surface area contributed by atoms with E-state index in [1.165, 1.54) is 19.3 Å². The van der Waals surface area contributed by atoms with Gasteiger partial charge in [-0.25, -0.2) is 0 Å². The van der Waals surface area contributed by atoms with E-state index >= 15 is 0 Å². The van der Waals surface area contributed by atoms with Crippen LogP contribution in [-0.4, -0.2) is 11.2 Å². The summed E-state index contributed by atoms with van der Waals surface area (Å²) >= 11 is 0. The van der Waals surface area contributed by atoms with Gasteiger partial charge in [0.15, 0.2) is 11.5 Å². The molecule has 3 heteroatoms. The third-order valence-corrected chi connectivity index (χ3v) is 6.12. The number of hydrogen-bond donors (Lipinski definition) is 1. The Labute approximate surface area is 185 Å². The zero-order valence-corrected chi connectivity index (χ0v) is 18.1. The van der Waals surface area contributed by atoms with Crippen LogP contribution in [0.25, 0.3) is 0 Å². The summed E-state index contributed by atoms with van der Waals surface area (Å²) in [5.41, 5.74) is 3.32. The van der Waals surface area contributed by atoms with Crippen LogP contribution in [0, 0.1) is 5.92 Å². The van der Waals surface area contributed by atoms with Gasteiger partial charge in [-0.05, 0) is 54.0 Å². The lowest BCUT2D eigenvalue weighted by Gasteiger charge is -2.26. The molecule has 0 aromatic heterocycles. The highest BCUT2D eigenvalue weighted by Gasteiger charge is 2.22. The Bertz CT molecular complexity index is 918. The van der Waals surface area contributed by atoms with E-state index in [0.29, 0.717) is 25.6 Å². The van der Waals surface area contributed by atoms with Crippen molar-refractivity contribution in [3.8, 4) is 11.5 Å². The molecular formula is C28H32O3. The molecule has 0 radical (unpaired) electrons. The second kappa shape index (κ2) is 11.0. The molecule has 162 valence electrons. The highest BCUT2D eigenvalue weighted by Crippen LogP contribution is 2.32. The third-order valence-electron chi connectivity index (χ3n) is 6.12. The van der Waals surface area contributed by atoms with Gasteiger partial charge in [-0.15, -0.1) is 0 Å². The van der Waals surface area contributed by atoms with Crippen LogP contribution < -0.4 is 9.47 Å². The summed E-state index contributed by atoms with van der Waals surface area (Å²) in [6.45, 7) is 0.976. The van der Waals surface area contributed by atoms with E-state index in [9.17, 15) is 5.11 Å². The first-order valence-corrected chi connectivity index (χ1v) is 11.4. The summed E-state index contributed by atoms with van der Waals surface area (Å²) in [5.74, 6) is 1.88. The van der Waals surface area contributed by atoms with Gasteiger partial charge in [0.05, 0.1) is 6.10 Å². The van der Waals surface area contributed by atoms with Crippen molar-refractivity contribution in [3.63, 3.8) is 0 Å². The molecule has 1 N–H and O–H groups in total. The first-order valence-electron chi connectivity index (χ1n) is 11.4. The van der Waals surface area contributed by atoms with Gasteiger partial charge < -0.3 is 14.6 Å². The summed E-state index contributed by atoms with van der Waals surface area (Å²) in [5, 5.41) is 10.8. The van der Waals surface area contributed by atoms with Crippen molar-refractivity contribution >= 4 is 0 Å². The fraction of sp³-hybridized carbons (Fsp3) is 0.357. The molecule has 0 bridgehead atoms. The van der Waals surface area contributed by atoms with E-state index in [1.54, 1.807) is 0 Å². The zero-order valence-electron chi connectivity index (χ0n) is 18.1. The summed E-state index contributed by atoms with van der Waals surface area (Å²) < 4.78 is 12.3. The smallest absolute Gasteiger partial charge is 0.161 e. The molecule has 1 aliphatic rings. The lowest BCUT2D eigenvalue weighted by molar-refractivity contribution is 0.0850. The lowest BCUT2D eigenvalue weighted by Crippen LogP contribution is -2.25. The van der Waals surface area contributed by atoms with Crippen molar-refractivity contribution in [2.75, 3.05) is 0 Å². The van der Waals surface area contributed by atoms with Gasteiger partial charge in [0.25, 0.3) is 0 Å². The highest BCUT2D eigenvalue weighted by molar-refractivity contribution is 5.43. The number of ether oxygens (including phenoxy) is 2. The Hall–Kier alpha value is -2.78. The van der Waals surface area contributed by atoms with Crippen molar-refractivity contribution in [2.45, 2.75) is 57.8 Å². The standard InChI is InChI=1S/C28H32O3/c29-26(25-14-8-3-9-15-25)18-24-16-17-27(30-20-22-10-4-1-5-11-22)28(19-24)31-21-23-12-6-2-7-13-23/h1-2,4-7,10-13,16-17,19,25-26,29H,3,8-9,14-15,18,20-21H2. The Morgan fingerprint density at radius 3 is 1.87 bits per heavy atom. The number of aliphatic hydroxyl groups excluding tert-OH is 1. The van der Waals surface area contributed by atoms with Crippen LogP contribution in [0.3, 0.4) is 0 Å². The summed E-state index contributed by atoms with van der Waals surface area (Å²) in [6, 6.07) is 26.4. The van der Waals surface area contributed by atoms with E-state index in [-0.39, 0.29) is 6.10 Å². The molecule has 3 nitrogen and oxygen atoms in total. The Morgan fingerprint density at radius 1 is 0.677 bits per heavy atom. The molecule has 0 spiro atoms. The summed E-state index contributed by atoms with van der Waals surface area (Å²) in [4.78, 5) is 0. The molecule has 3 aromatic rings. The third kappa shape index (κ3) is 6.35. The second-order valence-corrected chi connectivity index (χ2v) is 8.50. The van der Waals surface area contributed by atoms with Crippen LogP contribution in [0.15, 0.2) is 78.9 Å². The van der Waals surface area contributed by atoms with Gasteiger partial charge in [-0.1, -0.05) is 86.0 Å². The van der Waals surface area contributed by atoms with Crippen molar-refractivity contribution in [1.82, 2.24) is 0 Å². The Kier molecular flexibility index (Phi) is 7.62. The molecule has 0 saturated heterocycles. The average molecular weight is 417 g/mol. The molecular weight excluding hydrogens is 384 g/mol. The molecule has 31 heavy (non-hydrogen) atoms. The predicted octanol–water partition coefficient (Wildman–Crippen LogP) is 6.33. The molecule has 0 amide bonds. The normalized spacial score (nSPS) is 15.4. The quantitative estimate of drug-likeness (QED) is 0.443. The van der Waals surface area contributed by atoms with Crippen LogP contribution in [0.1, 0.15) is 48.8 Å². The topological polar surface area (TPSA) is 38.7 Å². The molecule has 1 aliphatic carbocycles. The largest absolute Gasteiger partial charge is 0.485 e. The predicted molar refractivity (Wildman–Crippen MR) is 124 cm³/mol. The van der Waals surface area contributed by atoms with Crippen LogP contribution in [0.4, 0.5) is 0 Å². The van der Waals surface area contributed by atoms with Crippen molar-refractivity contribution in [2.24, 2.45) is 5.92 Å². The van der Waals surface area contributed by atoms with E-state index in [1.807, 2.05) is 48.5 Å². The maximum absolute atomic E-state index is 10.8. The number of benzene rings is 3. The lowest BCUT2D eigenvalue weighted by atomic mass is 9.83. The van der Waals surface area contributed by atoms with Crippen molar-refractivity contribution in [3.05, 3.63) is 95.6 Å². The van der Waals surface area contributed by atoms with Crippen LogP contribution in [0.2, 0.25) is 0 Å². The molecule has 4 rings (SSSR count). The van der Waals surface area contributed by atoms with Gasteiger partial charge in [0, 0.05) is 0 Å². The first kappa shape index (κ1) is 21.5. The minimum Gasteiger partial charge on any atom is -0.485 e. The van der Waals surface area contributed by atoms with E-state index < -0.39 is 0 Å². The van der Waals surface area contributed by atoms with Crippen LogP contribution in [0.5, 0.6) is 11.5 Å². The van der Waals surface area contributed by atoms with Gasteiger partial charge in [0.1, 0.15) is 13.2 Å². The van der Waals surface area contributed by atoms with Gasteiger partial charge in [0.2, 0.25) is 0 Å². The molecule has 0 heterocycles. The Morgan fingerprint density at radius 2 is 1.26 bits per heavy atom. The molecule has 1 atom stereocenters. The maximum Gasteiger partial charge on any atom is 0.161 e. The first-order chi connectivity index (χ1) is 15.3.